The minimum atomic E-state index is 0.154. The number of piperidine rings is 1. The van der Waals surface area contributed by atoms with E-state index < -0.39 is 0 Å². The van der Waals surface area contributed by atoms with Gasteiger partial charge in [-0.2, -0.15) is 0 Å². The third kappa shape index (κ3) is 5.42. The Morgan fingerprint density at radius 2 is 2.19 bits per heavy atom. The van der Waals surface area contributed by atoms with E-state index in [9.17, 15) is 4.79 Å². The van der Waals surface area contributed by atoms with E-state index in [1.807, 2.05) is 12.3 Å². The standard InChI is InChI=1S/C20H33N5O/c1-16(18-4-3-6-21-15-18)12-20(26)23-14-17-5-7-22-19(13-17)25-10-8-24(2)9-11-25/h5,7,13,16,18,21H,3-4,6,8-12,14-15H2,1-2H3,(H,23,26). The van der Waals surface area contributed by atoms with Crippen molar-refractivity contribution >= 4 is 11.7 Å². The summed E-state index contributed by atoms with van der Waals surface area (Å²) in [7, 11) is 2.15. The molecule has 6 heteroatoms. The fourth-order valence-electron chi connectivity index (χ4n) is 3.88. The highest BCUT2D eigenvalue weighted by molar-refractivity contribution is 5.76. The van der Waals surface area contributed by atoms with E-state index in [4.69, 9.17) is 0 Å². The Labute approximate surface area is 157 Å². The van der Waals surface area contributed by atoms with Crippen molar-refractivity contribution in [1.82, 2.24) is 20.5 Å². The number of nitrogens with one attached hydrogen (secondary N) is 2. The molecule has 2 unspecified atom stereocenters. The number of likely N-dealkylation sites (N-methyl/N-ethyl adjacent to an activating group) is 1. The van der Waals surface area contributed by atoms with E-state index in [2.05, 4.69) is 45.5 Å². The Balaban J connectivity index is 1.46. The number of aromatic nitrogens is 1. The molecule has 2 saturated heterocycles. The zero-order valence-electron chi connectivity index (χ0n) is 16.2. The van der Waals surface area contributed by atoms with Crippen molar-refractivity contribution in [3.05, 3.63) is 23.9 Å². The lowest BCUT2D eigenvalue weighted by Crippen LogP contribution is -2.44. The second-order valence-electron chi connectivity index (χ2n) is 7.88. The quantitative estimate of drug-likeness (QED) is 0.806. The molecule has 1 aromatic rings. The Morgan fingerprint density at radius 1 is 1.38 bits per heavy atom. The van der Waals surface area contributed by atoms with Gasteiger partial charge in [0.15, 0.2) is 0 Å². The molecule has 2 fully saturated rings. The van der Waals surface area contributed by atoms with Gasteiger partial charge in [-0.15, -0.1) is 0 Å². The van der Waals surface area contributed by atoms with Crippen LogP contribution in [0.1, 0.15) is 31.7 Å². The van der Waals surface area contributed by atoms with E-state index in [1.165, 1.54) is 12.8 Å². The average Bonchev–Trinajstić information content (AvgIpc) is 2.68. The van der Waals surface area contributed by atoms with Crippen molar-refractivity contribution in [3.63, 3.8) is 0 Å². The lowest BCUT2D eigenvalue weighted by atomic mass is 9.85. The second kappa shape index (κ2) is 9.33. The molecule has 2 N–H and O–H groups in total. The van der Waals surface area contributed by atoms with Crippen LogP contribution in [0.3, 0.4) is 0 Å². The largest absolute Gasteiger partial charge is 0.354 e. The highest BCUT2D eigenvalue weighted by Gasteiger charge is 2.22. The van der Waals surface area contributed by atoms with Crippen molar-refractivity contribution in [2.75, 3.05) is 51.2 Å². The van der Waals surface area contributed by atoms with E-state index in [0.717, 1.165) is 50.6 Å². The van der Waals surface area contributed by atoms with Crippen molar-refractivity contribution in [3.8, 4) is 0 Å². The molecular weight excluding hydrogens is 326 g/mol. The maximum atomic E-state index is 12.3. The number of carbonyl (C=O) groups excluding carboxylic acids is 1. The first-order valence-electron chi connectivity index (χ1n) is 9.97. The molecule has 2 aliphatic rings. The molecule has 0 aliphatic carbocycles. The van der Waals surface area contributed by atoms with Crippen molar-refractivity contribution < 1.29 is 4.79 Å². The van der Waals surface area contributed by atoms with Gasteiger partial charge in [0.2, 0.25) is 5.91 Å². The van der Waals surface area contributed by atoms with Gasteiger partial charge in [0.05, 0.1) is 0 Å². The number of nitrogens with zero attached hydrogens (tertiary/aromatic N) is 3. The summed E-state index contributed by atoms with van der Waals surface area (Å²) in [6, 6.07) is 4.11. The molecule has 2 aliphatic heterocycles. The summed E-state index contributed by atoms with van der Waals surface area (Å²) in [5.41, 5.74) is 1.12. The van der Waals surface area contributed by atoms with Crippen LogP contribution >= 0.6 is 0 Å². The second-order valence-corrected chi connectivity index (χ2v) is 7.88. The zero-order valence-corrected chi connectivity index (χ0v) is 16.2. The summed E-state index contributed by atoms with van der Waals surface area (Å²) in [6.07, 6.45) is 4.93. The van der Waals surface area contributed by atoms with Crippen LogP contribution in [0.25, 0.3) is 0 Å². The fourth-order valence-corrected chi connectivity index (χ4v) is 3.88. The molecule has 0 spiro atoms. The minimum absolute atomic E-state index is 0.154. The van der Waals surface area contributed by atoms with Gasteiger partial charge in [0.25, 0.3) is 0 Å². The van der Waals surface area contributed by atoms with Crippen LogP contribution in [0.15, 0.2) is 18.3 Å². The van der Waals surface area contributed by atoms with Crippen LogP contribution in [-0.2, 0) is 11.3 Å². The van der Waals surface area contributed by atoms with E-state index in [0.29, 0.717) is 24.8 Å². The topological polar surface area (TPSA) is 60.5 Å². The Kier molecular flexibility index (Phi) is 6.86. The maximum Gasteiger partial charge on any atom is 0.220 e. The third-order valence-corrected chi connectivity index (χ3v) is 5.77. The molecule has 0 saturated carbocycles. The van der Waals surface area contributed by atoms with Crippen molar-refractivity contribution in [2.24, 2.45) is 11.8 Å². The Hall–Kier alpha value is -1.66. The highest BCUT2D eigenvalue weighted by atomic mass is 16.1. The third-order valence-electron chi connectivity index (χ3n) is 5.77. The van der Waals surface area contributed by atoms with Gasteiger partial charge in [0.1, 0.15) is 5.82 Å². The van der Waals surface area contributed by atoms with E-state index in [1.54, 1.807) is 0 Å². The van der Waals surface area contributed by atoms with Crippen molar-refractivity contribution in [2.45, 2.75) is 32.7 Å². The SMILES string of the molecule is CC(CC(=O)NCc1ccnc(N2CCN(C)CC2)c1)C1CCCNC1. The number of rotatable bonds is 6. The maximum absolute atomic E-state index is 12.3. The molecular formula is C20H33N5O. The number of carbonyl (C=O) groups is 1. The molecule has 26 heavy (non-hydrogen) atoms. The summed E-state index contributed by atoms with van der Waals surface area (Å²) in [5.74, 6) is 2.23. The number of anilines is 1. The molecule has 0 radical (unpaired) electrons. The number of pyridine rings is 1. The summed E-state index contributed by atoms with van der Waals surface area (Å²) in [4.78, 5) is 21.5. The van der Waals surface area contributed by atoms with Gasteiger partial charge in [-0.1, -0.05) is 6.92 Å². The van der Waals surface area contributed by atoms with Gasteiger partial charge in [0, 0.05) is 45.3 Å². The van der Waals surface area contributed by atoms with E-state index >= 15 is 0 Å². The average molecular weight is 360 g/mol. The molecule has 3 heterocycles. The summed E-state index contributed by atoms with van der Waals surface area (Å²) >= 11 is 0. The summed E-state index contributed by atoms with van der Waals surface area (Å²) in [6.45, 7) is 9.10. The first kappa shape index (κ1) is 19.1. The molecule has 2 atom stereocenters. The number of hydrogen-bond acceptors (Lipinski definition) is 5. The first-order chi connectivity index (χ1) is 12.6. The van der Waals surface area contributed by atoms with Gasteiger partial charge < -0.3 is 20.4 Å². The number of hydrogen-bond donors (Lipinski definition) is 2. The fraction of sp³-hybridized carbons (Fsp3) is 0.700. The van der Waals surface area contributed by atoms with Crippen LogP contribution in [0, 0.1) is 11.8 Å². The molecule has 6 nitrogen and oxygen atoms in total. The summed E-state index contributed by atoms with van der Waals surface area (Å²) in [5, 5.41) is 6.53. The van der Waals surface area contributed by atoms with Crippen LogP contribution in [0.4, 0.5) is 5.82 Å². The van der Waals surface area contributed by atoms with Crippen LogP contribution in [0.2, 0.25) is 0 Å². The Morgan fingerprint density at radius 3 is 2.92 bits per heavy atom. The highest BCUT2D eigenvalue weighted by Crippen LogP contribution is 2.22. The van der Waals surface area contributed by atoms with Crippen LogP contribution < -0.4 is 15.5 Å². The smallest absolute Gasteiger partial charge is 0.220 e. The van der Waals surface area contributed by atoms with Crippen LogP contribution in [-0.4, -0.2) is 62.1 Å². The molecule has 3 rings (SSSR count). The predicted molar refractivity (Wildman–Crippen MR) is 105 cm³/mol. The van der Waals surface area contributed by atoms with Gasteiger partial charge in [-0.25, -0.2) is 4.98 Å². The minimum Gasteiger partial charge on any atom is -0.354 e. The molecule has 0 bridgehead atoms. The first-order valence-corrected chi connectivity index (χ1v) is 9.97. The lowest BCUT2D eigenvalue weighted by Gasteiger charge is -2.33. The van der Waals surface area contributed by atoms with E-state index in [-0.39, 0.29) is 5.91 Å². The van der Waals surface area contributed by atoms with Gasteiger partial charge in [-0.3, -0.25) is 4.79 Å². The van der Waals surface area contributed by atoms with Crippen molar-refractivity contribution in [1.29, 1.82) is 0 Å². The predicted octanol–water partition coefficient (Wildman–Crippen LogP) is 1.48. The van der Waals surface area contributed by atoms with Gasteiger partial charge in [-0.05, 0) is 62.5 Å². The number of piperazine rings is 1. The molecule has 1 aromatic heterocycles. The Bertz CT molecular complexity index is 579. The molecule has 144 valence electrons. The molecule has 0 aromatic carbocycles. The van der Waals surface area contributed by atoms with Gasteiger partial charge >= 0.3 is 0 Å². The lowest BCUT2D eigenvalue weighted by molar-refractivity contribution is -0.122. The normalized spacial score (nSPS) is 22.8. The monoisotopic (exact) mass is 359 g/mol. The van der Waals surface area contributed by atoms with Crippen LogP contribution in [0.5, 0.6) is 0 Å². The molecule has 1 amide bonds. The zero-order chi connectivity index (χ0) is 18.4. The summed E-state index contributed by atoms with van der Waals surface area (Å²) < 4.78 is 0. The number of amides is 1.